The van der Waals surface area contributed by atoms with Gasteiger partial charge in [-0.15, -0.1) is 11.3 Å². The monoisotopic (exact) mass is 364 g/mol. The lowest BCUT2D eigenvalue weighted by Gasteiger charge is -2.32. The van der Waals surface area contributed by atoms with E-state index in [-0.39, 0.29) is 6.04 Å². The van der Waals surface area contributed by atoms with Gasteiger partial charge >= 0.3 is 0 Å². The van der Waals surface area contributed by atoms with Crippen LogP contribution in [0.15, 0.2) is 39.9 Å². The molecule has 0 bridgehead atoms. The normalized spacial score (nSPS) is 17.2. The highest BCUT2D eigenvalue weighted by Gasteiger charge is 2.25. The molecule has 2 heterocycles. The number of likely N-dealkylation sites (tertiary alicyclic amines) is 1. The first-order chi connectivity index (χ1) is 11.4. The Morgan fingerprint density at radius 1 is 1.21 bits per heavy atom. The second kappa shape index (κ2) is 7.35. The minimum atomic E-state index is -3.36. The van der Waals surface area contributed by atoms with Crippen LogP contribution < -0.4 is 4.72 Å². The number of nitrogens with one attached hydrogen (secondary N) is 1. The van der Waals surface area contributed by atoms with Crippen LogP contribution in [-0.2, 0) is 16.6 Å². The minimum Gasteiger partial charge on any atom is -0.299 e. The number of benzene rings is 1. The van der Waals surface area contributed by atoms with Crippen LogP contribution in [0.4, 0.5) is 0 Å². The van der Waals surface area contributed by atoms with Gasteiger partial charge in [0.25, 0.3) is 0 Å². The van der Waals surface area contributed by atoms with Crippen LogP contribution in [0.25, 0.3) is 0 Å². The summed E-state index contributed by atoms with van der Waals surface area (Å²) < 4.78 is 27.9. The summed E-state index contributed by atoms with van der Waals surface area (Å²) in [5.74, 6) is 0. The highest BCUT2D eigenvalue weighted by atomic mass is 32.2. The summed E-state index contributed by atoms with van der Waals surface area (Å²) in [4.78, 5) is 2.41. The second-order valence-corrected chi connectivity index (χ2v) is 9.42. The number of nitrogens with zero attached hydrogens (tertiary/aromatic N) is 1. The van der Waals surface area contributed by atoms with E-state index in [9.17, 15) is 8.42 Å². The van der Waals surface area contributed by atoms with Crippen LogP contribution in [0.1, 0.15) is 29.5 Å². The van der Waals surface area contributed by atoms with Crippen molar-refractivity contribution >= 4 is 21.4 Å². The third-order valence-corrected chi connectivity index (χ3v) is 7.49. The number of hydrogen-bond acceptors (Lipinski definition) is 4. The fourth-order valence-corrected chi connectivity index (χ4v) is 5.43. The van der Waals surface area contributed by atoms with E-state index in [1.165, 1.54) is 28.0 Å². The third-order valence-electron chi connectivity index (χ3n) is 4.57. The molecule has 1 N–H and O–H groups in total. The molecule has 1 aromatic carbocycles. The second-order valence-electron chi connectivity index (χ2n) is 6.53. The van der Waals surface area contributed by atoms with Gasteiger partial charge in [0.15, 0.2) is 0 Å². The predicted molar refractivity (Wildman–Crippen MR) is 98.9 cm³/mol. The van der Waals surface area contributed by atoms with Crippen molar-refractivity contribution in [2.24, 2.45) is 0 Å². The summed E-state index contributed by atoms with van der Waals surface area (Å²) in [6.45, 7) is 7.05. The number of piperidine rings is 1. The van der Waals surface area contributed by atoms with Gasteiger partial charge in [0, 0.05) is 25.7 Å². The largest absolute Gasteiger partial charge is 0.299 e. The van der Waals surface area contributed by atoms with Gasteiger partial charge in [0.05, 0.1) is 0 Å². The number of aryl methyl sites for hydroxylation is 2. The molecule has 0 spiro atoms. The zero-order chi connectivity index (χ0) is 17.2. The average molecular weight is 365 g/mol. The van der Waals surface area contributed by atoms with Crippen molar-refractivity contribution < 1.29 is 8.42 Å². The van der Waals surface area contributed by atoms with Gasteiger partial charge in [0.1, 0.15) is 4.21 Å². The summed E-state index contributed by atoms with van der Waals surface area (Å²) >= 11 is 1.26. The zero-order valence-corrected chi connectivity index (χ0v) is 15.8. The molecule has 2 aromatic rings. The van der Waals surface area contributed by atoms with Crippen molar-refractivity contribution in [2.45, 2.75) is 43.5 Å². The number of hydrogen-bond donors (Lipinski definition) is 1. The van der Waals surface area contributed by atoms with Gasteiger partial charge in [-0.3, -0.25) is 4.90 Å². The summed E-state index contributed by atoms with van der Waals surface area (Å²) in [5.41, 5.74) is 3.97. The molecule has 1 aliphatic rings. The van der Waals surface area contributed by atoms with Gasteiger partial charge < -0.3 is 0 Å². The Hall–Kier alpha value is -1.21. The molecule has 6 heteroatoms. The number of sulfonamides is 1. The maximum atomic E-state index is 12.3. The van der Waals surface area contributed by atoms with E-state index in [1.807, 2.05) is 0 Å². The molecule has 3 rings (SSSR count). The average Bonchev–Trinajstić information content (AvgIpc) is 3.08. The van der Waals surface area contributed by atoms with E-state index in [0.29, 0.717) is 4.21 Å². The van der Waals surface area contributed by atoms with Crippen molar-refractivity contribution in [3.05, 3.63) is 52.4 Å². The van der Waals surface area contributed by atoms with Crippen molar-refractivity contribution in [1.82, 2.24) is 9.62 Å². The third kappa shape index (κ3) is 4.25. The first kappa shape index (κ1) is 17.6. The minimum absolute atomic E-state index is 0.0342. The standard InChI is InChI=1S/C18H24N2O2S2/c1-14-5-6-15(2)16(12-14)13-20-9-7-17(8-10-20)19-24(21,22)18-4-3-11-23-18/h3-6,11-12,17,19H,7-10,13H2,1-2H3. The Bertz CT molecular complexity index is 777. The maximum Gasteiger partial charge on any atom is 0.250 e. The van der Waals surface area contributed by atoms with Gasteiger partial charge in [-0.2, -0.15) is 0 Å². The Labute approximate surface area is 148 Å². The Balaban J connectivity index is 1.55. The highest BCUT2D eigenvalue weighted by molar-refractivity contribution is 7.91. The van der Waals surface area contributed by atoms with E-state index in [1.54, 1.807) is 17.5 Å². The molecule has 1 fully saturated rings. The zero-order valence-electron chi connectivity index (χ0n) is 14.2. The molecule has 1 aromatic heterocycles. The number of thiophene rings is 1. The fourth-order valence-electron chi connectivity index (χ4n) is 3.11. The first-order valence-corrected chi connectivity index (χ1v) is 10.6. The highest BCUT2D eigenvalue weighted by Crippen LogP contribution is 2.20. The SMILES string of the molecule is Cc1ccc(C)c(CN2CCC(NS(=O)(=O)c3cccs3)CC2)c1. The van der Waals surface area contributed by atoms with Crippen LogP contribution in [0.3, 0.4) is 0 Å². The lowest BCUT2D eigenvalue weighted by molar-refractivity contribution is 0.199. The smallest absolute Gasteiger partial charge is 0.250 e. The number of rotatable bonds is 5. The molecule has 4 nitrogen and oxygen atoms in total. The molecule has 24 heavy (non-hydrogen) atoms. The van der Waals surface area contributed by atoms with Crippen LogP contribution in [0, 0.1) is 13.8 Å². The summed E-state index contributed by atoms with van der Waals surface area (Å²) in [7, 11) is -3.36. The molecule has 0 unspecified atom stereocenters. The van der Waals surface area contributed by atoms with Gasteiger partial charge in [-0.1, -0.05) is 29.8 Å². The van der Waals surface area contributed by atoms with E-state index in [2.05, 4.69) is 41.7 Å². The van der Waals surface area contributed by atoms with Crippen molar-refractivity contribution in [3.8, 4) is 0 Å². The van der Waals surface area contributed by atoms with Crippen molar-refractivity contribution in [3.63, 3.8) is 0 Å². The van der Waals surface area contributed by atoms with Crippen molar-refractivity contribution in [1.29, 1.82) is 0 Å². The summed E-state index contributed by atoms with van der Waals surface area (Å²) in [6.07, 6.45) is 1.71. The molecule has 0 aliphatic carbocycles. The van der Waals surface area contributed by atoms with Gasteiger partial charge in [-0.05, 0) is 49.3 Å². The Morgan fingerprint density at radius 2 is 1.96 bits per heavy atom. The molecule has 0 amide bonds. The van der Waals surface area contributed by atoms with E-state index in [0.717, 1.165) is 32.5 Å². The van der Waals surface area contributed by atoms with Crippen molar-refractivity contribution in [2.75, 3.05) is 13.1 Å². The quantitative estimate of drug-likeness (QED) is 0.885. The van der Waals surface area contributed by atoms with Crippen LogP contribution in [0.2, 0.25) is 0 Å². The lowest BCUT2D eigenvalue weighted by atomic mass is 10.0. The molecular formula is C18H24N2O2S2. The molecule has 1 saturated heterocycles. The molecular weight excluding hydrogens is 340 g/mol. The molecule has 1 aliphatic heterocycles. The predicted octanol–water partition coefficient (Wildman–Crippen LogP) is 3.31. The van der Waals surface area contributed by atoms with E-state index in [4.69, 9.17) is 0 Å². The van der Waals surface area contributed by atoms with Gasteiger partial charge in [0.2, 0.25) is 10.0 Å². The topological polar surface area (TPSA) is 49.4 Å². The maximum absolute atomic E-state index is 12.3. The fraction of sp³-hybridized carbons (Fsp3) is 0.444. The molecule has 0 saturated carbocycles. The van der Waals surface area contributed by atoms with Gasteiger partial charge in [-0.25, -0.2) is 13.1 Å². The van der Waals surface area contributed by atoms with Crippen LogP contribution in [0.5, 0.6) is 0 Å². The molecule has 130 valence electrons. The first-order valence-electron chi connectivity index (χ1n) is 8.28. The Morgan fingerprint density at radius 3 is 2.62 bits per heavy atom. The lowest BCUT2D eigenvalue weighted by Crippen LogP contribution is -2.44. The summed E-state index contributed by atoms with van der Waals surface area (Å²) in [5, 5.41) is 1.79. The van der Waals surface area contributed by atoms with E-state index < -0.39 is 10.0 Å². The van der Waals surface area contributed by atoms with E-state index >= 15 is 0 Å². The molecule has 0 atom stereocenters. The molecule has 0 radical (unpaired) electrons. The summed E-state index contributed by atoms with van der Waals surface area (Å²) in [6, 6.07) is 10.0. The Kier molecular flexibility index (Phi) is 5.39. The van der Waals surface area contributed by atoms with Crippen LogP contribution in [-0.4, -0.2) is 32.4 Å². The van der Waals surface area contributed by atoms with Crippen LogP contribution >= 0.6 is 11.3 Å².